The van der Waals surface area contributed by atoms with E-state index in [0.29, 0.717) is 12.7 Å². The van der Waals surface area contributed by atoms with E-state index in [1.165, 1.54) is 6.42 Å². The molecular weight excluding hydrogens is 256 g/mol. The molecule has 0 aromatic carbocycles. The van der Waals surface area contributed by atoms with Gasteiger partial charge in [-0.05, 0) is 46.7 Å². The first-order chi connectivity index (χ1) is 9.55. The molecule has 1 fully saturated rings. The molecule has 0 amide bonds. The Kier molecular flexibility index (Phi) is 7.48. The maximum atomic E-state index is 12.0. The van der Waals surface area contributed by atoms with Gasteiger partial charge in [0.15, 0.2) is 0 Å². The fourth-order valence-corrected chi connectivity index (χ4v) is 2.46. The zero-order valence-electron chi connectivity index (χ0n) is 13.4. The van der Waals surface area contributed by atoms with E-state index in [1.54, 1.807) is 0 Å². The molecule has 2 unspecified atom stereocenters. The Bertz CT molecular complexity index is 293. The molecule has 0 aliphatic carbocycles. The third kappa shape index (κ3) is 5.04. The molecule has 2 atom stereocenters. The molecule has 0 radical (unpaired) electrons. The first-order valence-corrected chi connectivity index (χ1v) is 7.75. The number of carbonyl (C=O) groups is 1. The number of rotatable bonds is 9. The van der Waals surface area contributed by atoms with E-state index in [2.05, 4.69) is 17.1 Å². The van der Waals surface area contributed by atoms with Gasteiger partial charge in [0.25, 0.3) is 0 Å². The van der Waals surface area contributed by atoms with Gasteiger partial charge in [-0.3, -0.25) is 4.79 Å². The number of nitrogens with zero attached hydrogens (tertiary/aromatic N) is 1. The monoisotopic (exact) mass is 286 g/mol. The molecule has 1 aliphatic rings. The third-order valence-corrected chi connectivity index (χ3v) is 4.14. The summed E-state index contributed by atoms with van der Waals surface area (Å²) in [6.45, 7) is 10.0. The van der Waals surface area contributed by atoms with Crippen molar-refractivity contribution < 1.29 is 14.3 Å². The molecule has 1 heterocycles. The Balaban J connectivity index is 2.45. The van der Waals surface area contributed by atoms with Crippen LogP contribution in [0.1, 0.15) is 40.0 Å². The van der Waals surface area contributed by atoms with Gasteiger partial charge < -0.3 is 19.7 Å². The van der Waals surface area contributed by atoms with Crippen LogP contribution in [0.2, 0.25) is 0 Å². The molecule has 20 heavy (non-hydrogen) atoms. The number of ether oxygens (including phenoxy) is 2. The molecule has 0 spiro atoms. The highest BCUT2D eigenvalue weighted by molar-refractivity contribution is 5.80. The van der Waals surface area contributed by atoms with Crippen LogP contribution in [0.4, 0.5) is 0 Å². The molecule has 0 bridgehead atoms. The summed E-state index contributed by atoms with van der Waals surface area (Å²) in [5.41, 5.74) is -0.611. The minimum atomic E-state index is -0.611. The quantitative estimate of drug-likeness (QED) is 0.650. The van der Waals surface area contributed by atoms with Crippen molar-refractivity contribution in [2.75, 3.05) is 39.9 Å². The Labute approximate surface area is 123 Å². The van der Waals surface area contributed by atoms with Gasteiger partial charge in [-0.1, -0.05) is 6.92 Å². The van der Waals surface area contributed by atoms with Crippen molar-refractivity contribution >= 4 is 5.97 Å². The number of likely N-dealkylation sites (N-methyl/N-ethyl adjacent to an activating group) is 2. The van der Waals surface area contributed by atoms with Crippen molar-refractivity contribution in [2.24, 2.45) is 0 Å². The number of esters is 1. The van der Waals surface area contributed by atoms with E-state index in [-0.39, 0.29) is 5.97 Å². The molecule has 1 aliphatic heterocycles. The van der Waals surface area contributed by atoms with Gasteiger partial charge in [0.1, 0.15) is 5.54 Å². The van der Waals surface area contributed by atoms with Gasteiger partial charge >= 0.3 is 5.97 Å². The maximum absolute atomic E-state index is 12.0. The van der Waals surface area contributed by atoms with E-state index in [0.717, 1.165) is 39.1 Å². The van der Waals surface area contributed by atoms with Crippen molar-refractivity contribution in [3.8, 4) is 0 Å². The average Bonchev–Trinajstić information content (AvgIpc) is 2.96. The van der Waals surface area contributed by atoms with Gasteiger partial charge in [0.2, 0.25) is 0 Å². The Morgan fingerprint density at radius 1 is 1.50 bits per heavy atom. The Morgan fingerprint density at radius 3 is 2.75 bits per heavy atom. The number of carbonyl (C=O) groups excluding carboxylic acids is 1. The van der Waals surface area contributed by atoms with Crippen LogP contribution in [0.15, 0.2) is 0 Å². The van der Waals surface area contributed by atoms with E-state index >= 15 is 0 Å². The van der Waals surface area contributed by atoms with Crippen LogP contribution >= 0.6 is 0 Å². The summed E-state index contributed by atoms with van der Waals surface area (Å²) in [5, 5.41) is 3.10. The van der Waals surface area contributed by atoms with Crippen molar-refractivity contribution in [3.05, 3.63) is 0 Å². The highest BCUT2D eigenvalue weighted by Crippen LogP contribution is 2.16. The summed E-state index contributed by atoms with van der Waals surface area (Å²) >= 11 is 0. The van der Waals surface area contributed by atoms with Crippen LogP contribution in [0.3, 0.4) is 0 Å². The lowest BCUT2D eigenvalue weighted by atomic mass is 9.97. The highest BCUT2D eigenvalue weighted by Gasteiger charge is 2.33. The van der Waals surface area contributed by atoms with Crippen LogP contribution in [0, 0.1) is 0 Å². The first kappa shape index (κ1) is 17.4. The lowest BCUT2D eigenvalue weighted by molar-refractivity contribution is -0.150. The second kappa shape index (κ2) is 8.60. The summed E-state index contributed by atoms with van der Waals surface area (Å²) in [6, 6.07) is 0. The number of nitrogens with one attached hydrogen (secondary N) is 1. The minimum absolute atomic E-state index is 0.171. The Hall–Kier alpha value is -0.650. The molecule has 1 saturated heterocycles. The normalized spacial score (nSPS) is 21.9. The second-order valence-corrected chi connectivity index (χ2v) is 5.58. The maximum Gasteiger partial charge on any atom is 0.326 e. The van der Waals surface area contributed by atoms with E-state index in [4.69, 9.17) is 9.47 Å². The number of hydrogen-bond donors (Lipinski definition) is 1. The molecule has 5 heteroatoms. The van der Waals surface area contributed by atoms with E-state index in [9.17, 15) is 4.79 Å². The summed E-state index contributed by atoms with van der Waals surface area (Å²) in [4.78, 5) is 14.4. The van der Waals surface area contributed by atoms with Crippen molar-refractivity contribution in [2.45, 2.75) is 51.7 Å². The SMILES string of the molecule is CCOC(=O)C(C)(CCN(CC)CC1CCCO1)NC. The van der Waals surface area contributed by atoms with Crippen LogP contribution < -0.4 is 5.32 Å². The predicted octanol–water partition coefficient (Wildman–Crippen LogP) is 1.42. The standard InChI is InChI=1S/C15H30N2O3/c1-5-17(12-13-8-7-11-20-13)10-9-15(3,16-4)14(18)19-6-2/h13,16H,5-12H2,1-4H3. The van der Waals surface area contributed by atoms with Crippen LogP contribution in [-0.2, 0) is 14.3 Å². The minimum Gasteiger partial charge on any atom is -0.465 e. The lowest BCUT2D eigenvalue weighted by Crippen LogP contribution is -2.51. The summed E-state index contributed by atoms with van der Waals surface area (Å²) in [7, 11) is 1.81. The van der Waals surface area contributed by atoms with Crippen molar-refractivity contribution in [1.82, 2.24) is 10.2 Å². The van der Waals surface area contributed by atoms with Gasteiger partial charge in [0.05, 0.1) is 12.7 Å². The first-order valence-electron chi connectivity index (χ1n) is 7.75. The van der Waals surface area contributed by atoms with Gasteiger partial charge in [0, 0.05) is 19.7 Å². The smallest absolute Gasteiger partial charge is 0.326 e. The van der Waals surface area contributed by atoms with Crippen LogP contribution in [-0.4, -0.2) is 62.4 Å². The summed E-state index contributed by atoms with van der Waals surface area (Å²) in [5.74, 6) is -0.171. The fourth-order valence-electron chi connectivity index (χ4n) is 2.46. The second-order valence-electron chi connectivity index (χ2n) is 5.58. The van der Waals surface area contributed by atoms with E-state index < -0.39 is 5.54 Å². The zero-order chi connectivity index (χ0) is 15.0. The third-order valence-electron chi connectivity index (χ3n) is 4.14. The summed E-state index contributed by atoms with van der Waals surface area (Å²) < 4.78 is 10.8. The van der Waals surface area contributed by atoms with Gasteiger partial charge in [-0.15, -0.1) is 0 Å². The van der Waals surface area contributed by atoms with Crippen LogP contribution in [0.5, 0.6) is 0 Å². The topological polar surface area (TPSA) is 50.8 Å². The van der Waals surface area contributed by atoms with Gasteiger partial charge in [-0.25, -0.2) is 0 Å². The molecule has 118 valence electrons. The highest BCUT2D eigenvalue weighted by atomic mass is 16.5. The predicted molar refractivity (Wildman–Crippen MR) is 79.8 cm³/mol. The molecule has 0 aromatic heterocycles. The summed E-state index contributed by atoms with van der Waals surface area (Å²) in [6.07, 6.45) is 3.42. The average molecular weight is 286 g/mol. The molecule has 5 nitrogen and oxygen atoms in total. The van der Waals surface area contributed by atoms with Crippen molar-refractivity contribution in [1.29, 1.82) is 0 Å². The zero-order valence-corrected chi connectivity index (χ0v) is 13.4. The van der Waals surface area contributed by atoms with Gasteiger partial charge in [-0.2, -0.15) is 0 Å². The van der Waals surface area contributed by atoms with Crippen molar-refractivity contribution in [3.63, 3.8) is 0 Å². The molecule has 1 rings (SSSR count). The molecule has 1 N–H and O–H groups in total. The van der Waals surface area contributed by atoms with E-state index in [1.807, 2.05) is 20.9 Å². The Morgan fingerprint density at radius 2 is 2.25 bits per heavy atom. The molecule has 0 aromatic rings. The molecular formula is C15H30N2O3. The van der Waals surface area contributed by atoms with Crippen LogP contribution in [0.25, 0.3) is 0 Å². The largest absolute Gasteiger partial charge is 0.465 e. The number of hydrogen-bond acceptors (Lipinski definition) is 5. The lowest BCUT2D eigenvalue weighted by Gasteiger charge is -2.30. The molecule has 0 saturated carbocycles. The fraction of sp³-hybridized carbons (Fsp3) is 0.933.